The highest BCUT2D eigenvalue weighted by molar-refractivity contribution is 5.51. The first-order valence-electron chi connectivity index (χ1n) is 4.35. The Morgan fingerprint density at radius 1 is 1.46 bits per heavy atom. The molecular weight excluding hydrogens is 164 g/mol. The standard InChI is InChI=1S/C10H12N2O/c1-7(2)8-4-3-5-12-9(13)6-11-10(8)12/h3-7,13H,1-2H3. The van der Waals surface area contributed by atoms with Gasteiger partial charge in [-0.25, -0.2) is 4.98 Å². The fraction of sp³-hybridized carbons (Fsp3) is 0.300. The summed E-state index contributed by atoms with van der Waals surface area (Å²) in [5, 5.41) is 9.42. The number of aromatic nitrogens is 2. The van der Waals surface area contributed by atoms with Gasteiger partial charge in [0.1, 0.15) is 5.65 Å². The Hall–Kier alpha value is -1.51. The zero-order chi connectivity index (χ0) is 9.42. The van der Waals surface area contributed by atoms with Crippen molar-refractivity contribution in [3.8, 4) is 5.88 Å². The molecule has 0 aliphatic rings. The van der Waals surface area contributed by atoms with Gasteiger partial charge < -0.3 is 5.11 Å². The van der Waals surface area contributed by atoms with Gasteiger partial charge in [-0.3, -0.25) is 4.40 Å². The molecule has 0 saturated carbocycles. The molecule has 3 nitrogen and oxygen atoms in total. The maximum Gasteiger partial charge on any atom is 0.215 e. The van der Waals surface area contributed by atoms with Crippen molar-refractivity contribution in [1.82, 2.24) is 9.38 Å². The molecule has 0 amide bonds. The van der Waals surface area contributed by atoms with Crippen LogP contribution in [-0.4, -0.2) is 14.5 Å². The van der Waals surface area contributed by atoms with Gasteiger partial charge in [0.2, 0.25) is 5.88 Å². The van der Waals surface area contributed by atoms with Crippen molar-refractivity contribution in [1.29, 1.82) is 0 Å². The van der Waals surface area contributed by atoms with Crippen molar-refractivity contribution in [2.75, 3.05) is 0 Å². The van der Waals surface area contributed by atoms with Crippen LogP contribution in [0.25, 0.3) is 5.65 Å². The first-order valence-corrected chi connectivity index (χ1v) is 4.35. The molecule has 0 radical (unpaired) electrons. The van der Waals surface area contributed by atoms with Crippen LogP contribution in [0, 0.1) is 0 Å². The molecule has 2 aromatic heterocycles. The van der Waals surface area contributed by atoms with Gasteiger partial charge in [-0.1, -0.05) is 19.9 Å². The number of fused-ring (bicyclic) bond motifs is 1. The molecule has 13 heavy (non-hydrogen) atoms. The fourth-order valence-corrected chi connectivity index (χ4v) is 1.47. The molecule has 3 heteroatoms. The number of hydrogen-bond acceptors (Lipinski definition) is 2. The topological polar surface area (TPSA) is 37.5 Å². The normalized spacial score (nSPS) is 11.3. The van der Waals surface area contributed by atoms with Crippen LogP contribution in [0.3, 0.4) is 0 Å². The van der Waals surface area contributed by atoms with E-state index in [1.807, 2.05) is 18.3 Å². The van der Waals surface area contributed by atoms with Crippen LogP contribution < -0.4 is 0 Å². The molecule has 0 spiro atoms. The van der Waals surface area contributed by atoms with E-state index in [4.69, 9.17) is 0 Å². The van der Waals surface area contributed by atoms with Gasteiger partial charge in [-0.15, -0.1) is 0 Å². The van der Waals surface area contributed by atoms with E-state index >= 15 is 0 Å². The number of imidazole rings is 1. The average molecular weight is 176 g/mol. The van der Waals surface area contributed by atoms with E-state index in [0.717, 1.165) is 11.2 Å². The van der Waals surface area contributed by atoms with Gasteiger partial charge in [0.05, 0.1) is 6.20 Å². The molecule has 1 N–H and O–H groups in total. The third-order valence-corrected chi connectivity index (χ3v) is 2.17. The first-order chi connectivity index (χ1) is 6.20. The van der Waals surface area contributed by atoms with Crippen LogP contribution in [0.1, 0.15) is 25.3 Å². The summed E-state index contributed by atoms with van der Waals surface area (Å²) in [5.41, 5.74) is 2.00. The minimum atomic E-state index is 0.192. The first kappa shape index (κ1) is 8.10. The van der Waals surface area contributed by atoms with Gasteiger partial charge in [-0.2, -0.15) is 0 Å². The molecule has 2 rings (SSSR count). The van der Waals surface area contributed by atoms with Crippen molar-refractivity contribution in [3.63, 3.8) is 0 Å². The maximum atomic E-state index is 9.42. The van der Waals surface area contributed by atoms with E-state index in [1.165, 1.54) is 6.20 Å². The monoisotopic (exact) mass is 176 g/mol. The molecule has 0 aromatic carbocycles. The number of pyridine rings is 1. The second-order valence-electron chi connectivity index (χ2n) is 3.43. The molecule has 0 atom stereocenters. The highest BCUT2D eigenvalue weighted by Gasteiger charge is 2.08. The van der Waals surface area contributed by atoms with E-state index in [1.54, 1.807) is 4.40 Å². The maximum absolute atomic E-state index is 9.42. The van der Waals surface area contributed by atoms with Crippen LogP contribution in [-0.2, 0) is 0 Å². The molecule has 0 aliphatic carbocycles. The van der Waals surface area contributed by atoms with Crippen molar-refractivity contribution >= 4 is 5.65 Å². The van der Waals surface area contributed by atoms with Crippen LogP contribution in [0.4, 0.5) is 0 Å². The highest BCUT2D eigenvalue weighted by Crippen LogP contribution is 2.22. The second-order valence-corrected chi connectivity index (χ2v) is 3.43. The molecule has 68 valence electrons. The molecule has 0 aliphatic heterocycles. The van der Waals surface area contributed by atoms with Crippen LogP contribution in [0.5, 0.6) is 5.88 Å². The molecule has 0 unspecified atom stereocenters. The van der Waals surface area contributed by atoms with Crippen molar-refractivity contribution < 1.29 is 5.11 Å². The third kappa shape index (κ3) is 1.16. The molecule has 0 bridgehead atoms. The number of aromatic hydroxyl groups is 1. The van der Waals surface area contributed by atoms with Gasteiger partial charge in [-0.05, 0) is 17.5 Å². The Bertz CT molecular complexity index is 431. The van der Waals surface area contributed by atoms with Gasteiger partial charge in [0.25, 0.3) is 0 Å². The Balaban J connectivity index is 2.77. The van der Waals surface area contributed by atoms with E-state index < -0.39 is 0 Å². The van der Waals surface area contributed by atoms with Crippen LogP contribution in [0.15, 0.2) is 24.5 Å². The summed E-state index contributed by atoms with van der Waals surface area (Å²) in [4.78, 5) is 4.15. The number of rotatable bonds is 1. The molecule has 2 heterocycles. The Kier molecular flexibility index (Phi) is 1.72. The lowest BCUT2D eigenvalue weighted by Gasteiger charge is -2.06. The van der Waals surface area contributed by atoms with Crippen molar-refractivity contribution in [2.24, 2.45) is 0 Å². The van der Waals surface area contributed by atoms with Gasteiger partial charge >= 0.3 is 0 Å². The van der Waals surface area contributed by atoms with Crippen molar-refractivity contribution in [3.05, 3.63) is 30.1 Å². The molecule has 2 aromatic rings. The fourth-order valence-electron chi connectivity index (χ4n) is 1.47. The lowest BCUT2D eigenvalue weighted by Crippen LogP contribution is -1.93. The largest absolute Gasteiger partial charge is 0.493 e. The lowest BCUT2D eigenvalue weighted by atomic mass is 10.1. The van der Waals surface area contributed by atoms with E-state index in [2.05, 4.69) is 18.8 Å². The van der Waals surface area contributed by atoms with Crippen LogP contribution >= 0.6 is 0 Å². The Morgan fingerprint density at radius 2 is 2.23 bits per heavy atom. The van der Waals surface area contributed by atoms with E-state index in [9.17, 15) is 5.11 Å². The summed E-state index contributed by atoms with van der Waals surface area (Å²) >= 11 is 0. The van der Waals surface area contributed by atoms with Crippen LogP contribution in [0.2, 0.25) is 0 Å². The molecule has 0 fully saturated rings. The van der Waals surface area contributed by atoms with E-state index in [-0.39, 0.29) is 5.88 Å². The molecular formula is C10H12N2O. The second kappa shape index (κ2) is 2.76. The minimum absolute atomic E-state index is 0.192. The highest BCUT2D eigenvalue weighted by atomic mass is 16.3. The predicted molar refractivity (Wildman–Crippen MR) is 50.9 cm³/mol. The van der Waals surface area contributed by atoms with E-state index in [0.29, 0.717) is 5.92 Å². The average Bonchev–Trinajstić information content (AvgIpc) is 2.48. The number of hydrogen-bond donors (Lipinski definition) is 1. The van der Waals surface area contributed by atoms with Crippen molar-refractivity contribution in [2.45, 2.75) is 19.8 Å². The molecule has 0 saturated heterocycles. The Labute approximate surface area is 76.7 Å². The predicted octanol–water partition coefficient (Wildman–Crippen LogP) is 2.16. The van der Waals surface area contributed by atoms with Gasteiger partial charge in [0.15, 0.2) is 0 Å². The zero-order valence-corrected chi connectivity index (χ0v) is 7.73. The summed E-state index contributed by atoms with van der Waals surface area (Å²) in [6.07, 6.45) is 3.28. The summed E-state index contributed by atoms with van der Waals surface area (Å²) in [6.45, 7) is 4.22. The number of nitrogens with zero attached hydrogens (tertiary/aromatic N) is 2. The SMILES string of the molecule is CC(C)c1cccn2c(O)cnc12. The minimum Gasteiger partial charge on any atom is -0.493 e. The van der Waals surface area contributed by atoms with Gasteiger partial charge in [0, 0.05) is 6.20 Å². The third-order valence-electron chi connectivity index (χ3n) is 2.17. The Morgan fingerprint density at radius 3 is 2.92 bits per heavy atom. The lowest BCUT2D eigenvalue weighted by molar-refractivity contribution is 0.448. The summed E-state index contributed by atoms with van der Waals surface area (Å²) < 4.78 is 1.69. The quantitative estimate of drug-likeness (QED) is 0.723. The summed E-state index contributed by atoms with van der Waals surface area (Å²) in [6, 6.07) is 3.95. The summed E-state index contributed by atoms with van der Waals surface area (Å²) in [5.74, 6) is 0.614. The smallest absolute Gasteiger partial charge is 0.215 e. The summed E-state index contributed by atoms with van der Waals surface area (Å²) in [7, 11) is 0. The zero-order valence-electron chi connectivity index (χ0n) is 7.73.